The number of thiazole rings is 2. The number of aromatic nitrogens is 2. The van der Waals surface area contributed by atoms with Crippen LogP contribution in [0.4, 0.5) is 33.0 Å². The second kappa shape index (κ2) is 15.4. The highest BCUT2D eigenvalue weighted by molar-refractivity contribution is 7.13. The maximum absolute atomic E-state index is 5.66. The third-order valence-electron chi connectivity index (χ3n) is 6.82. The second-order valence-electron chi connectivity index (χ2n) is 9.03. The molecule has 0 amide bonds. The number of benzene rings is 2. The summed E-state index contributed by atoms with van der Waals surface area (Å²) in [5.74, 6) is 1.43. The van der Waals surface area contributed by atoms with Crippen LogP contribution in [-0.2, 0) is 13.1 Å². The van der Waals surface area contributed by atoms with Gasteiger partial charge in [-0.05, 0) is 71.0 Å². The van der Waals surface area contributed by atoms with E-state index in [2.05, 4.69) is 65.4 Å². The first-order valence-electron chi connectivity index (χ1n) is 13.3. The molecular weight excluding hydrogens is 569 g/mol. The summed E-state index contributed by atoms with van der Waals surface area (Å²) in [4.78, 5) is 4.74. The molecule has 10 nitrogen and oxygen atoms in total. The molecule has 0 N–H and O–H groups in total. The summed E-state index contributed by atoms with van der Waals surface area (Å²) in [6, 6.07) is 12.2. The van der Waals surface area contributed by atoms with Gasteiger partial charge in [0.2, 0.25) is 0 Å². The number of anilines is 2. The quantitative estimate of drug-likeness (QED) is 0.106. The van der Waals surface area contributed by atoms with Crippen LogP contribution in [0.3, 0.4) is 0 Å². The molecule has 1 saturated heterocycles. The van der Waals surface area contributed by atoms with E-state index >= 15 is 0 Å². The predicted octanol–water partition coefficient (Wildman–Crippen LogP) is 7.50. The highest BCUT2D eigenvalue weighted by Gasteiger charge is 2.21. The Morgan fingerprint density at radius 1 is 0.667 bits per heavy atom. The van der Waals surface area contributed by atoms with Gasteiger partial charge in [0.15, 0.2) is 22.9 Å². The van der Waals surface area contributed by atoms with Crippen LogP contribution in [0.15, 0.2) is 80.0 Å². The van der Waals surface area contributed by atoms with Crippen molar-refractivity contribution in [2.75, 3.05) is 50.2 Å². The van der Waals surface area contributed by atoms with Crippen molar-refractivity contribution in [2.45, 2.75) is 26.9 Å². The zero-order chi connectivity index (χ0) is 27.9. The molecule has 1 aliphatic heterocycles. The van der Waals surface area contributed by atoms with E-state index in [1.54, 1.807) is 36.9 Å². The van der Waals surface area contributed by atoms with Crippen molar-refractivity contribution >= 4 is 55.7 Å². The molecule has 2 aromatic carbocycles. The van der Waals surface area contributed by atoms with Gasteiger partial charge >= 0.3 is 10.3 Å². The first-order valence-corrected chi connectivity index (χ1v) is 15.0. The highest BCUT2D eigenvalue weighted by atomic mass is 32.1. The van der Waals surface area contributed by atoms with E-state index in [9.17, 15) is 0 Å². The average molecular weight is 609 g/mol. The fourth-order valence-corrected chi connectivity index (χ4v) is 6.03. The number of nitrogens with zero attached hydrogens (tertiary/aromatic N) is 8. The Bertz CT molecular complexity index is 1380. The standard InChI is InChI=1S/C28H34N8O2S2.2CH3/c1-5-33-15-17-39-27(33)31-29-23-9-7-21(19-25(23)37-3)35-11-13-36(14-12-35)22-8-10-24(26(20-22)38-4)30-32-28-34(6-2)16-18-40-28;;/h7-10,15-20H,5-6,11-14H2,1-4H3;2*1H3/q+2;2*-1. The Labute approximate surface area is 257 Å². The molecule has 0 bridgehead atoms. The zero-order valence-electron chi connectivity index (χ0n) is 25.2. The molecule has 2 aromatic heterocycles. The van der Waals surface area contributed by atoms with Crippen LogP contribution in [0.5, 0.6) is 11.5 Å². The van der Waals surface area contributed by atoms with Crippen molar-refractivity contribution in [1.29, 1.82) is 0 Å². The summed E-state index contributed by atoms with van der Waals surface area (Å²) in [7, 11) is 3.35. The van der Waals surface area contributed by atoms with E-state index < -0.39 is 0 Å². The number of methoxy groups -OCH3 is 2. The van der Waals surface area contributed by atoms with Crippen molar-refractivity contribution in [3.63, 3.8) is 0 Å². The Balaban J connectivity index is 0.00000242. The minimum Gasteiger partial charge on any atom is -0.494 e. The molecule has 3 heterocycles. The second-order valence-corrected chi connectivity index (χ2v) is 10.8. The fourth-order valence-electron chi connectivity index (χ4n) is 4.54. The van der Waals surface area contributed by atoms with Gasteiger partial charge in [-0.25, -0.2) is 9.13 Å². The summed E-state index contributed by atoms with van der Waals surface area (Å²) >= 11 is 3.14. The molecule has 0 spiro atoms. The molecule has 1 fully saturated rings. The summed E-state index contributed by atoms with van der Waals surface area (Å²) < 4.78 is 15.4. The molecule has 1 aliphatic rings. The Morgan fingerprint density at radius 3 is 1.43 bits per heavy atom. The summed E-state index contributed by atoms with van der Waals surface area (Å²) in [5.41, 5.74) is 3.66. The van der Waals surface area contributed by atoms with Crippen LogP contribution in [0.2, 0.25) is 0 Å². The largest absolute Gasteiger partial charge is 0.494 e. The van der Waals surface area contributed by atoms with E-state index in [1.165, 1.54) is 0 Å². The number of ether oxygens (including phenoxy) is 2. The SMILES string of the molecule is CC[n+]1ccsc1N=Nc1ccc(N2CCN(c3ccc(N=Nc4scc[n+]4CC)c(OC)c3)CC2)cc1OC.[CH3-].[CH3-]. The molecule has 4 aromatic rings. The molecule has 0 aliphatic carbocycles. The average Bonchev–Trinajstić information content (AvgIpc) is 3.67. The van der Waals surface area contributed by atoms with E-state index in [4.69, 9.17) is 9.47 Å². The van der Waals surface area contributed by atoms with Gasteiger partial charge in [0.25, 0.3) is 0 Å². The first kappa shape index (κ1) is 32.6. The Kier molecular flexibility index (Phi) is 11.9. The van der Waals surface area contributed by atoms with Gasteiger partial charge in [0, 0.05) is 60.4 Å². The Morgan fingerprint density at radius 2 is 1.07 bits per heavy atom. The molecule has 0 radical (unpaired) electrons. The summed E-state index contributed by atoms with van der Waals surface area (Å²) in [5, 5.41) is 23.6. The van der Waals surface area contributed by atoms with Crippen LogP contribution in [0, 0.1) is 14.9 Å². The van der Waals surface area contributed by atoms with Gasteiger partial charge < -0.3 is 34.1 Å². The molecule has 12 heteroatoms. The molecule has 5 rings (SSSR count). The minimum atomic E-state index is 0. The lowest BCUT2D eigenvalue weighted by Crippen LogP contribution is -2.46. The van der Waals surface area contributed by atoms with Crippen LogP contribution >= 0.6 is 22.7 Å². The van der Waals surface area contributed by atoms with Crippen LogP contribution in [0.1, 0.15) is 13.8 Å². The van der Waals surface area contributed by atoms with Crippen molar-refractivity contribution in [3.05, 3.63) is 74.4 Å². The van der Waals surface area contributed by atoms with E-state index in [1.807, 2.05) is 47.4 Å². The lowest BCUT2D eigenvalue weighted by Gasteiger charge is -2.37. The monoisotopic (exact) mass is 608 g/mol. The molecule has 0 unspecified atom stereocenters. The van der Waals surface area contributed by atoms with E-state index in [-0.39, 0.29) is 14.9 Å². The van der Waals surface area contributed by atoms with Crippen LogP contribution in [-0.4, -0.2) is 40.4 Å². The number of hydrogen-bond acceptors (Lipinski definition) is 10. The number of rotatable bonds is 10. The number of piperazine rings is 1. The van der Waals surface area contributed by atoms with Gasteiger partial charge in [0.1, 0.15) is 12.4 Å². The smallest absolute Gasteiger partial charge is 0.408 e. The van der Waals surface area contributed by atoms with Gasteiger partial charge in [-0.1, -0.05) is 0 Å². The van der Waals surface area contributed by atoms with Gasteiger partial charge in [-0.2, -0.15) is 0 Å². The summed E-state index contributed by atoms with van der Waals surface area (Å²) in [6.07, 6.45) is 4.03. The normalized spacial score (nSPS) is 13.3. The Hall–Kier alpha value is -3.90. The number of aryl methyl sites for hydroxylation is 2. The lowest BCUT2D eigenvalue weighted by molar-refractivity contribution is -0.677. The maximum atomic E-state index is 5.66. The number of azo groups is 2. The van der Waals surface area contributed by atoms with Crippen molar-refractivity contribution in [3.8, 4) is 11.5 Å². The molecule has 42 heavy (non-hydrogen) atoms. The molecular formula is C30H40N8O2S2. The predicted molar refractivity (Wildman–Crippen MR) is 172 cm³/mol. The van der Waals surface area contributed by atoms with Gasteiger partial charge in [-0.3, -0.25) is 0 Å². The van der Waals surface area contributed by atoms with E-state index in [0.717, 1.165) is 60.9 Å². The minimum absolute atomic E-state index is 0. The zero-order valence-corrected chi connectivity index (χ0v) is 26.9. The van der Waals surface area contributed by atoms with E-state index in [0.29, 0.717) is 22.9 Å². The first-order chi connectivity index (χ1) is 19.6. The lowest BCUT2D eigenvalue weighted by atomic mass is 10.2. The van der Waals surface area contributed by atoms with Crippen LogP contribution < -0.4 is 28.4 Å². The van der Waals surface area contributed by atoms with Crippen molar-refractivity contribution in [1.82, 2.24) is 0 Å². The highest BCUT2D eigenvalue weighted by Crippen LogP contribution is 2.36. The molecule has 0 saturated carbocycles. The third kappa shape index (κ3) is 7.29. The molecule has 0 atom stereocenters. The molecule has 224 valence electrons. The number of hydrogen-bond donors (Lipinski definition) is 0. The maximum Gasteiger partial charge on any atom is 0.408 e. The topological polar surface area (TPSA) is 82.1 Å². The van der Waals surface area contributed by atoms with Gasteiger partial charge in [-0.15, -0.1) is 0 Å². The van der Waals surface area contributed by atoms with Crippen molar-refractivity contribution < 1.29 is 18.6 Å². The van der Waals surface area contributed by atoms with Crippen molar-refractivity contribution in [2.24, 2.45) is 20.5 Å². The fraction of sp³-hybridized carbons (Fsp3) is 0.333. The van der Waals surface area contributed by atoms with Crippen LogP contribution in [0.25, 0.3) is 0 Å². The summed E-state index contributed by atoms with van der Waals surface area (Å²) in [6.45, 7) is 9.43. The third-order valence-corrected chi connectivity index (χ3v) is 8.39. The van der Waals surface area contributed by atoms with Gasteiger partial charge in [0.05, 0.1) is 37.5 Å².